The Balaban J connectivity index is 0.00000423. The molecular formula is C31H28ClF6N3O2. The van der Waals surface area contributed by atoms with Crippen LogP contribution in [0.25, 0.3) is 10.9 Å². The van der Waals surface area contributed by atoms with Gasteiger partial charge in [-0.1, -0.05) is 54.6 Å². The van der Waals surface area contributed by atoms with Crippen molar-refractivity contribution in [2.24, 2.45) is 7.05 Å². The fraction of sp³-hybridized carbons (Fsp3) is 0.290. The lowest BCUT2D eigenvalue weighted by molar-refractivity contribution is -0.138. The maximum absolute atomic E-state index is 14.0. The van der Waals surface area contributed by atoms with Crippen molar-refractivity contribution in [3.8, 4) is 0 Å². The van der Waals surface area contributed by atoms with Gasteiger partial charge in [-0.3, -0.25) is 14.5 Å². The van der Waals surface area contributed by atoms with Crippen LogP contribution in [0, 0.1) is 0 Å². The number of para-hydroxylation sites is 1. The summed E-state index contributed by atoms with van der Waals surface area (Å²) in [4.78, 5) is 28.9. The quantitative estimate of drug-likeness (QED) is 0.195. The van der Waals surface area contributed by atoms with Gasteiger partial charge in [0.05, 0.1) is 23.2 Å². The van der Waals surface area contributed by atoms with Crippen molar-refractivity contribution in [2.45, 2.75) is 36.9 Å². The minimum atomic E-state index is -4.82. The van der Waals surface area contributed by atoms with Crippen LogP contribution in [-0.2, 0) is 25.8 Å². The fourth-order valence-electron chi connectivity index (χ4n) is 5.88. The summed E-state index contributed by atoms with van der Waals surface area (Å²) in [5.74, 6) is -1.77. The number of ketones is 2. The smallest absolute Gasteiger partial charge is 0.350 e. The maximum Gasteiger partial charge on any atom is 0.417 e. The van der Waals surface area contributed by atoms with Crippen LogP contribution in [0.2, 0.25) is 0 Å². The molecule has 12 heteroatoms. The summed E-state index contributed by atoms with van der Waals surface area (Å²) in [6.45, 7) is -0.109. The van der Waals surface area contributed by atoms with E-state index in [1.165, 1.54) is 36.2 Å². The highest BCUT2D eigenvalue weighted by Gasteiger charge is 2.46. The summed E-state index contributed by atoms with van der Waals surface area (Å²) < 4.78 is 84.9. The number of fused-ring (bicyclic) bond motifs is 1. The molecule has 228 valence electrons. The second-order valence-corrected chi connectivity index (χ2v) is 10.4. The Morgan fingerprint density at radius 3 is 1.88 bits per heavy atom. The molecule has 1 aliphatic heterocycles. The Kier molecular flexibility index (Phi) is 9.10. The van der Waals surface area contributed by atoms with Crippen molar-refractivity contribution in [3.05, 3.63) is 107 Å². The van der Waals surface area contributed by atoms with Gasteiger partial charge in [0, 0.05) is 47.9 Å². The lowest BCUT2D eigenvalue weighted by Gasteiger charge is -2.44. The average Bonchev–Trinajstić information content (AvgIpc) is 3.26. The first-order valence-corrected chi connectivity index (χ1v) is 13.2. The van der Waals surface area contributed by atoms with Crippen LogP contribution in [-0.4, -0.2) is 52.8 Å². The van der Waals surface area contributed by atoms with Crippen molar-refractivity contribution >= 4 is 34.9 Å². The number of carbonyl (C=O) groups is 2. The molecule has 1 fully saturated rings. The van der Waals surface area contributed by atoms with Crippen molar-refractivity contribution in [1.82, 2.24) is 14.8 Å². The highest BCUT2D eigenvalue weighted by atomic mass is 35.5. The standard InChI is InChI=1S/C31H27F6N3O2.ClH/c1-39-17-18(19-9-5-8-14-25(19)39)15-24-27(29(42)21-11-4-7-13-23(21)31(35,36)37)40(2)26(16-38-24)28(41)20-10-3-6-12-22(20)30(32,33)34;/h3-14,17,24,26-27,38H,15-16H2,1-2H3;1H. The predicted molar refractivity (Wildman–Crippen MR) is 153 cm³/mol. The van der Waals surface area contributed by atoms with Gasteiger partial charge in [0.2, 0.25) is 0 Å². The molecule has 1 aromatic heterocycles. The van der Waals surface area contributed by atoms with Gasteiger partial charge in [0.25, 0.3) is 0 Å². The number of halogens is 7. The molecule has 1 N–H and O–H groups in total. The topological polar surface area (TPSA) is 54.3 Å². The summed E-state index contributed by atoms with van der Waals surface area (Å²) in [6.07, 6.45) is -7.53. The summed E-state index contributed by atoms with van der Waals surface area (Å²) in [5.41, 5.74) is -1.64. The monoisotopic (exact) mass is 623 g/mol. The molecule has 0 spiro atoms. The van der Waals surface area contributed by atoms with Crippen LogP contribution >= 0.6 is 12.4 Å². The first-order chi connectivity index (χ1) is 19.8. The fourth-order valence-corrected chi connectivity index (χ4v) is 5.88. The third-order valence-electron chi connectivity index (χ3n) is 7.87. The van der Waals surface area contributed by atoms with E-state index in [1.54, 1.807) is 0 Å². The van der Waals surface area contributed by atoms with Gasteiger partial charge in [-0.15, -0.1) is 12.4 Å². The zero-order valence-corrected chi connectivity index (χ0v) is 23.9. The molecule has 0 aliphatic carbocycles. The van der Waals surface area contributed by atoms with Crippen LogP contribution in [0.4, 0.5) is 26.3 Å². The van der Waals surface area contributed by atoms with Crippen LogP contribution in [0.3, 0.4) is 0 Å². The van der Waals surface area contributed by atoms with Gasteiger partial charge < -0.3 is 9.88 Å². The van der Waals surface area contributed by atoms with Crippen LogP contribution in [0.15, 0.2) is 79.0 Å². The number of nitrogens with one attached hydrogen (secondary N) is 1. The number of aryl methyl sites for hydroxylation is 1. The Bertz CT molecular complexity index is 1650. The van der Waals surface area contributed by atoms with Gasteiger partial charge in [-0.25, -0.2) is 0 Å². The van der Waals surface area contributed by atoms with Crippen LogP contribution in [0.1, 0.15) is 37.4 Å². The van der Waals surface area contributed by atoms with Crippen molar-refractivity contribution in [1.29, 1.82) is 0 Å². The molecule has 5 nitrogen and oxygen atoms in total. The highest BCUT2D eigenvalue weighted by Crippen LogP contribution is 2.36. The van der Waals surface area contributed by atoms with Crippen molar-refractivity contribution < 1.29 is 35.9 Å². The van der Waals surface area contributed by atoms with Crippen LogP contribution in [0.5, 0.6) is 0 Å². The van der Waals surface area contributed by atoms with E-state index in [9.17, 15) is 35.9 Å². The van der Waals surface area contributed by atoms with E-state index >= 15 is 0 Å². The molecule has 3 atom stereocenters. The average molecular weight is 624 g/mol. The number of nitrogens with zero attached hydrogens (tertiary/aromatic N) is 2. The van der Waals surface area contributed by atoms with E-state index < -0.39 is 64.3 Å². The summed E-state index contributed by atoms with van der Waals surface area (Å²) >= 11 is 0. The molecule has 0 amide bonds. The van der Waals surface area contributed by atoms with E-state index in [2.05, 4.69) is 5.32 Å². The molecule has 3 aromatic carbocycles. The zero-order chi connectivity index (χ0) is 30.4. The number of Topliss-reactive ketones (excluding diaryl/α,β-unsaturated/α-hetero) is 2. The second kappa shape index (κ2) is 12.1. The molecular weight excluding hydrogens is 596 g/mol. The zero-order valence-electron chi connectivity index (χ0n) is 23.0. The number of benzene rings is 3. The minimum absolute atomic E-state index is 0. The Morgan fingerprint density at radius 2 is 1.30 bits per heavy atom. The van der Waals surface area contributed by atoms with Crippen molar-refractivity contribution in [3.63, 3.8) is 0 Å². The largest absolute Gasteiger partial charge is 0.417 e. The Morgan fingerprint density at radius 1 is 0.791 bits per heavy atom. The van der Waals surface area contributed by atoms with Gasteiger partial charge in [-0.05, 0) is 37.2 Å². The molecule has 1 aliphatic rings. The Hall–Kier alpha value is -3.67. The van der Waals surface area contributed by atoms with Gasteiger partial charge in [-0.2, -0.15) is 26.3 Å². The third kappa shape index (κ3) is 6.20. The van der Waals surface area contributed by atoms with Crippen LogP contribution < -0.4 is 5.32 Å². The molecule has 1 saturated heterocycles. The molecule has 5 rings (SSSR count). The number of rotatable bonds is 6. The predicted octanol–water partition coefficient (Wildman–Crippen LogP) is 6.59. The number of hydrogen-bond acceptors (Lipinski definition) is 4. The molecule has 2 heterocycles. The number of alkyl halides is 6. The number of piperazine rings is 1. The van der Waals surface area contributed by atoms with Crippen molar-refractivity contribution in [2.75, 3.05) is 13.6 Å². The summed E-state index contributed by atoms with van der Waals surface area (Å²) in [6, 6.07) is 13.0. The maximum atomic E-state index is 14.0. The highest BCUT2D eigenvalue weighted by molar-refractivity contribution is 6.05. The molecule has 4 aromatic rings. The van der Waals surface area contributed by atoms with Gasteiger partial charge >= 0.3 is 12.4 Å². The molecule has 0 bridgehead atoms. The number of carbonyl (C=O) groups excluding carboxylic acids is 2. The number of hydrogen-bond donors (Lipinski definition) is 1. The van der Waals surface area contributed by atoms with E-state index in [-0.39, 0.29) is 25.4 Å². The second-order valence-electron chi connectivity index (χ2n) is 10.4. The first kappa shape index (κ1) is 32.2. The minimum Gasteiger partial charge on any atom is -0.350 e. The van der Waals surface area contributed by atoms with E-state index in [1.807, 2.05) is 42.1 Å². The summed E-state index contributed by atoms with van der Waals surface area (Å²) in [5, 5.41) is 4.03. The lowest BCUT2D eigenvalue weighted by Crippen LogP contribution is -2.66. The molecule has 0 saturated carbocycles. The first-order valence-electron chi connectivity index (χ1n) is 13.2. The third-order valence-corrected chi connectivity index (χ3v) is 7.87. The van der Waals surface area contributed by atoms with E-state index in [4.69, 9.17) is 0 Å². The van der Waals surface area contributed by atoms with Gasteiger partial charge in [0.1, 0.15) is 0 Å². The van der Waals surface area contributed by atoms with Gasteiger partial charge in [0.15, 0.2) is 11.6 Å². The summed E-state index contributed by atoms with van der Waals surface area (Å²) in [7, 11) is 3.25. The van der Waals surface area contributed by atoms with E-state index in [0.29, 0.717) is 0 Å². The Labute approximate surface area is 249 Å². The number of likely N-dealkylation sites (N-methyl/N-ethyl adjacent to an activating group) is 1. The molecule has 3 unspecified atom stereocenters. The SMILES string of the molecule is CN1C(C(=O)c2ccccc2C(F)(F)F)CNC(Cc2cn(C)c3ccccc23)C1C(=O)c1ccccc1C(F)(F)F.Cl. The lowest BCUT2D eigenvalue weighted by atomic mass is 9.85. The normalized spacial score (nSPS) is 19.7. The van der Waals surface area contributed by atoms with E-state index in [0.717, 1.165) is 40.7 Å². The molecule has 43 heavy (non-hydrogen) atoms. The molecule has 0 radical (unpaired) electrons. The number of aromatic nitrogens is 1.